The lowest BCUT2D eigenvalue weighted by Crippen LogP contribution is -2.56. The minimum absolute atomic E-state index is 0.0630. The van der Waals surface area contributed by atoms with E-state index in [9.17, 15) is 18.8 Å². The molecule has 2 unspecified atom stereocenters. The smallest absolute Gasteiger partial charge is 0.247 e. The monoisotopic (exact) mass is 395 g/mol. The van der Waals surface area contributed by atoms with Gasteiger partial charge in [-0.2, -0.15) is 0 Å². The first-order valence-corrected chi connectivity index (χ1v) is 9.71. The van der Waals surface area contributed by atoms with Crippen molar-refractivity contribution in [2.75, 3.05) is 13.1 Å². The van der Waals surface area contributed by atoms with E-state index in [1.54, 1.807) is 4.90 Å². The van der Waals surface area contributed by atoms with Gasteiger partial charge in [0.05, 0.1) is 0 Å². The van der Waals surface area contributed by atoms with E-state index in [2.05, 4.69) is 5.32 Å². The van der Waals surface area contributed by atoms with Gasteiger partial charge in [0.1, 0.15) is 17.9 Å². The second kappa shape index (κ2) is 8.03. The number of benzene rings is 2. The van der Waals surface area contributed by atoms with Gasteiger partial charge >= 0.3 is 0 Å². The number of amides is 3. The Hall–Kier alpha value is -3.22. The Bertz CT molecular complexity index is 917. The van der Waals surface area contributed by atoms with Crippen molar-refractivity contribution in [1.82, 2.24) is 15.1 Å². The summed E-state index contributed by atoms with van der Waals surface area (Å²) in [7, 11) is 0. The highest BCUT2D eigenvalue weighted by atomic mass is 19.1. The van der Waals surface area contributed by atoms with Crippen LogP contribution in [0.3, 0.4) is 0 Å². The van der Waals surface area contributed by atoms with E-state index in [1.165, 1.54) is 29.2 Å². The molecule has 4 rings (SSSR count). The van der Waals surface area contributed by atoms with Crippen LogP contribution in [-0.4, -0.2) is 46.7 Å². The molecule has 0 spiro atoms. The van der Waals surface area contributed by atoms with E-state index in [4.69, 9.17) is 0 Å². The first-order chi connectivity index (χ1) is 14.0. The topological polar surface area (TPSA) is 69.7 Å². The molecule has 2 aliphatic rings. The summed E-state index contributed by atoms with van der Waals surface area (Å²) in [6.07, 6.45) is 0.739. The van der Waals surface area contributed by atoms with Crippen LogP contribution >= 0.6 is 0 Å². The maximum atomic E-state index is 13.4. The number of piperazine rings is 1. The lowest BCUT2D eigenvalue weighted by Gasteiger charge is -2.38. The molecule has 29 heavy (non-hydrogen) atoms. The van der Waals surface area contributed by atoms with E-state index in [1.807, 2.05) is 30.3 Å². The minimum atomic E-state index is -0.828. The number of rotatable bonds is 4. The van der Waals surface area contributed by atoms with Crippen LogP contribution in [0.1, 0.15) is 30.0 Å². The fraction of sp³-hybridized carbons (Fsp3) is 0.318. The summed E-state index contributed by atoms with van der Waals surface area (Å²) in [4.78, 5) is 41.6. The summed E-state index contributed by atoms with van der Waals surface area (Å²) in [6, 6.07) is 13.7. The van der Waals surface area contributed by atoms with Gasteiger partial charge in [0.2, 0.25) is 17.7 Å². The third-order valence-corrected chi connectivity index (χ3v) is 5.49. The molecule has 6 nitrogen and oxygen atoms in total. The normalized spacial score (nSPS) is 22.0. The van der Waals surface area contributed by atoms with Crippen LogP contribution < -0.4 is 5.32 Å². The highest BCUT2D eigenvalue weighted by Crippen LogP contribution is 2.29. The Labute approximate surface area is 168 Å². The van der Waals surface area contributed by atoms with E-state index in [0.29, 0.717) is 38.0 Å². The molecule has 0 aliphatic carbocycles. The van der Waals surface area contributed by atoms with Gasteiger partial charge in [-0.25, -0.2) is 4.39 Å². The van der Waals surface area contributed by atoms with Crippen LogP contribution in [-0.2, 0) is 20.9 Å². The molecule has 0 saturated carbocycles. The quantitative estimate of drug-likeness (QED) is 0.861. The average molecular weight is 395 g/mol. The third kappa shape index (κ3) is 3.85. The Morgan fingerprint density at radius 2 is 1.79 bits per heavy atom. The van der Waals surface area contributed by atoms with Crippen LogP contribution in [0.25, 0.3) is 0 Å². The lowest BCUT2D eigenvalue weighted by molar-refractivity contribution is -0.149. The van der Waals surface area contributed by atoms with Crippen LogP contribution in [0.2, 0.25) is 0 Å². The van der Waals surface area contributed by atoms with Crippen LogP contribution in [0.4, 0.5) is 4.39 Å². The molecule has 0 radical (unpaired) electrons. The van der Waals surface area contributed by atoms with Crippen molar-refractivity contribution in [3.8, 4) is 0 Å². The van der Waals surface area contributed by atoms with E-state index in [-0.39, 0.29) is 17.7 Å². The SMILES string of the molecule is O=C1NCCN(C(=O)C2CCC(=O)N2Cc2ccccc2)C1c1ccc(F)cc1. The van der Waals surface area contributed by atoms with Gasteiger partial charge in [0.15, 0.2) is 0 Å². The fourth-order valence-corrected chi connectivity index (χ4v) is 4.04. The molecule has 0 bridgehead atoms. The van der Waals surface area contributed by atoms with Gasteiger partial charge in [-0.05, 0) is 29.7 Å². The third-order valence-electron chi connectivity index (χ3n) is 5.49. The fourth-order valence-electron chi connectivity index (χ4n) is 4.04. The highest BCUT2D eigenvalue weighted by Gasteiger charge is 2.42. The van der Waals surface area contributed by atoms with Crippen LogP contribution in [0, 0.1) is 5.82 Å². The van der Waals surface area contributed by atoms with Gasteiger partial charge in [-0.3, -0.25) is 14.4 Å². The molecule has 2 heterocycles. The van der Waals surface area contributed by atoms with Crippen molar-refractivity contribution < 1.29 is 18.8 Å². The van der Waals surface area contributed by atoms with Crippen molar-refractivity contribution >= 4 is 17.7 Å². The number of likely N-dealkylation sites (tertiary alicyclic amines) is 1. The van der Waals surface area contributed by atoms with Gasteiger partial charge in [0.25, 0.3) is 0 Å². The van der Waals surface area contributed by atoms with Crippen molar-refractivity contribution in [1.29, 1.82) is 0 Å². The Morgan fingerprint density at radius 1 is 1.07 bits per heavy atom. The van der Waals surface area contributed by atoms with Crippen molar-refractivity contribution in [2.45, 2.75) is 31.5 Å². The maximum Gasteiger partial charge on any atom is 0.247 e. The summed E-state index contributed by atoms with van der Waals surface area (Å²) >= 11 is 0. The minimum Gasteiger partial charge on any atom is -0.352 e. The zero-order valence-corrected chi connectivity index (χ0v) is 15.9. The second-order valence-electron chi connectivity index (χ2n) is 7.34. The Morgan fingerprint density at radius 3 is 2.52 bits per heavy atom. The van der Waals surface area contributed by atoms with E-state index in [0.717, 1.165) is 5.56 Å². The molecule has 2 aromatic carbocycles. The number of carbonyl (C=O) groups is 3. The molecule has 2 aliphatic heterocycles. The standard InChI is InChI=1S/C22H22FN3O3/c23-17-8-6-16(7-9-17)20-21(28)24-12-13-25(20)22(29)18-10-11-19(27)26(18)14-15-4-2-1-3-5-15/h1-9,18,20H,10-14H2,(H,24,28). The number of halogens is 1. The van der Waals surface area contributed by atoms with Crippen molar-refractivity contribution in [3.05, 3.63) is 71.5 Å². The molecule has 2 fully saturated rings. The first-order valence-electron chi connectivity index (χ1n) is 9.71. The number of hydrogen-bond donors (Lipinski definition) is 1. The molecule has 1 N–H and O–H groups in total. The summed E-state index contributed by atoms with van der Waals surface area (Å²) in [5.41, 5.74) is 1.50. The molecule has 0 aromatic heterocycles. The number of hydrogen-bond acceptors (Lipinski definition) is 3. The first kappa shape index (κ1) is 19.1. The van der Waals surface area contributed by atoms with Gasteiger partial charge in [-0.1, -0.05) is 42.5 Å². The zero-order valence-electron chi connectivity index (χ0n) is 15.9. The Kier molecular flexibility index (Phi) is 5.29. The molecule has 150 valence electrons. The molecule has 2 saturated heterocycles. The average Bonchev–Trinajstić information content (AvgIpc) is 3.09. The van der Waals surface area contributed by atoms with Gasteiger partial charge in [0, 0.05) is 26.1 Å². The summed E-state index contributed by atoms with van der Waals surface area (Å²) in [5.74, 6) is -1.00. The summed E-state index contributed by atoms with van der Waals surface area (Å²) < 4.78 is 13.3. The van der Waals surface area contributed by atoms with Crippen LogP contribution in [0.15, 0.2) is 54.6 Å². The van der Waals surface area contributed by atoms with E-state index >= 15 is 0 Å². The predicted octanol–water partition coefficient (Wildman–Crippen LogP) is 2.02. The molecule has 3 amide bonds. The lowest BCUT2D eigenvalue weighted by atomic mass is 10.0. The Balaban J connectivity index is 1.59. The number of nitrogens with zero attached hydrogens (tertiary/aromatic N) is 2. The number of carbonyl (C=O) groups excluding carboxylic acids is 3. The molecular weight excluding hydrogens is 373 g/mol. The predicted molar refractivity (Wildman–Crippen MR) is 104 cm³/mol. The van der Waals surface area contributed by atoms with Crippen molar-refractivity contribution in [3.63, 3.8) is 0 Å². The maximum absolute atomic E-state index is 13.4. The largest absolute Gasteiger partial charge is 0.352 e. The zero-order chi connectivity index (χ0) is 20.4. The molecule has 2 atom stereocenters. The summed E-state index contributed by atoms with van der Waals surface area (Å²) in [5, 5.41) is 2.77. The van der Waals surface area contributed by atoms with Crippen molar-refractivity contribution in [2.24, 2.45) is 0 Å². The second-order valence-corrected chi connectivity index (χ2v) is 7.34. The summed E-state index contributed by atoms with van der Waals surface area (Å²) in [6.45, 7) is 1.05. The molecular formula is C22H22FN3O3. The van der Waals surface area contributed by atoms with Gasteiger partial charge < -0.3 is 15.1 Å². The number of nitrogens with one attached hydrogen (secondary N) is 1. The molecule has 7 heteroatoms. The van der Waals surface area contributed by atoms with E-state index < -0.39 is 17.9 Å². The molecule has 2 aromatic rings. The highest BCUT2D eigenvalue weighted by molar-refractivity contribution is 5.95. The van der Waals surface area contributed by atoms with Crippen LogP contribution in [0.5, 0.6) is 0 Å². The van der Waals surface area contributed by atoms with Gasteiger partial charge in [-0.15, -0.1) is 0 Å².